The van der Waals surface area contributed by atoms with Gasteiger partial charge in [-0.3, -0.25) is 9.59 Å². The number of nitrogens with zero attached hydrogens (tertiary/aromatic N) is 3. The van der Waals surface area contributed by atoms with Crippen molar-refractivity contribution in [1.82, 2.24) is 15.6 Å². The summed E-state index contributed by atoms with van der Waals surface area (Å²) in [6.45, 7) is 1.97. The van der Waals surface area contributed by atoms with Gasteiger partial charge < -0.3 is 24.4 Å². The monoisotopic (exact) mass is 527 g/mol. The normalized spacial score (nSPS) is 10.9. The van der Waals surface area contributed by atoms with Crippen LogP contribution >= 0.6 is 11.8 Å². The predicted molar refractivity (Wildman–Crippen MR) is 138 cm³/mol. The zero-order valence-electron chi connectivity index (χ0n) is 20.6. The molecule has 0 atom stereocenters. The molecule has 196 valence electrons. The van der Waals surface area contributed by atoms with Crippen molar-refractivity contribution < 1.29 is 28.2 Å². The van der Waals surface area contributed by atoms with E-state index < -0.39 is 5.91 Å². The number of hydrogen-bond donors (Lipinski definition) is 2. The Kier molecular flexibility index (Phi) is 10.8. The maximum absolute atomic E-state index is 12.1. The van der Waals surface area contributed by atoms with Crippen LogP contribution < -0.4 is 25.4 Å². The number of amides is 2. The van der Waals surface area contributed by atoms with Crippen molar-refractivity contribution in [2.24, 2.45) is 10.8 Å². The molecule has 0 aliphatic rings. The average Bonchev–Trinajstić information content (AvgIpc) is 3.35. The van der Waals surface area contributed by atoms with Crippen LogP contribution in [0.1, 0.15) is 30.4 Å². The molecular weight excluding hydrogens is 498 g/mol. The average molecular weight is 528 g/mol. The number of benzene rings is 2. The second-order valence-electron chi connectivity index (χ2n) is 7.64. The van der Waals surface area contributed by atoms with Gasteiger partial charge in [0.2, 0.25) is 5.89 Å². The molecule has 0 aliphatic carbocycles. The Bertz CT molecular complexity index is 1200. The molecule has 11 nitrogen and oxygen atoms in total. The van der Waals surface area contributed by atoms with E-state index in [0.29, 0.717) is 41.2 Å². The number of nitrogens with one attached hydrogen (secondary N) is 1. The number of carbonyl (C=O) groups is 2. The number of aryl methyl sites for hydroxylation is 2. The van der Waals surface area contributed by atoms with Crippen molar-refractivity contribution in [2.75, 3.05) is 26.1 Å². The van der Waals surface area contributed by atoms with Gasteiger partial charge in [-0.15, -0.1) is 10.2 Å². The molecule has 3 aromatic rings. The maximum atomic E-state index is 12.1. The molecule has 0 radical (unpaired) electrons. The second kappa shape index (κ2) is 14.5. The van der Waals surface area contributed by atoms with Gasteiger partial charge in [-0.05, 0) is 61.2 Å². The number of hydrogen-bond acceptors (Lipinski definition) is 10. The third-order valence-electron chi connectivity index (χ3n) is 4.83. The number of primary amides is 1. The van der Waals surface area contributed by atoms with E-state index in [1.807, 2.05) is 31.2 Å². The van der Waals surface area contributed by atoms with Crippen molar-refractivity contribution in [3.63, 3.8) is 0 Å². The first-order valence-corrected chi connectivity index (χ1v) is 12.5. The van der Waals surface area contributed by atoms with Crippen LogP contribution in [-0.4, -0.2) is 54.3 Å². The van der Waals surface area contributed by atoms with Crippen molar-refractivity contribution in [1.29, 1.82) is 0 Å². The third kappa shape index (κ3) is 9.49. The lowest BCUT2D eigenvalue weighted by Gasteiger charge is -2.11. The Hall–Kier alpha value is -4.06. The molecular formula is C25H29N5O6S. The third-order valence-corrected chi connectivity index (χ3v) is 5.65. The van der Waals surface area contributed by atoms with Gasteiger partial charge in [-0.25, -0.2) is 5.43 Å². The van der Waals surface area contributed by atoms with Crippen LogP contribution in [-0.2, 0) is 22.4 Å². The fraction of sp³-hybridized carbons (Fsp3) is 0.320. The summed E-state index contributed by atoms with van der Waals surface area (Å²) in [6, 6.07) is 13.0. The summed E-state index contributed by atoms with van der Waals surface area (Å²) in [5.74, 6) is 1.33. The summed E-state index contributed by atoms with van der Waals surface area (Å²) in [6.07, 6.45) is 3.85. The highest BCUT2D eigenvalue weighted by molar-refractivity contribution is 7.99. The lowest BCUT2D eigenvalue weighted by Crippen LogP contribution is -2.20. The van der Waals surface area contributed by atoms with Gasteiger partial charge in [0.05, 0.1) is 25.7 Å². The van der Waals surface area contributed by atoms with Crippen LogP contribution in [0.25, 0.3) is 0 Å². The standard InChI is InChI=1S/C25H29N5O6S/c1-3-34-21-13-18(9-12-20(21)35-15-22(26)31)14-27-28-23(32)16-37-25-30-29-24(36-25)6-4-5-17-7-10-19(33-2)11-8-17/h7-14H,3-6,15-16H2,1-2H3,(H2,26,31)(H,28,32). The van der Waals surface area contributed by atoms with Gasteiger partial charge in [0.1, 0.15) is 5.75 Å². The lowest BCUT2D eigenvalue weighted by atomic mass is 10.1. The predicted octanol–water partition coefficient (Wildman–Crippen LogP) is 2.76. The first-order chi connectivity index (χ1) is 18.0. The van der Waals surface area contributed by atoms with Crippen molar-refractivity contribution in [3.05, 3.63) is 59.5 Å². The van der Waals surface area contributed by atoms with E-state index in [0.717, 1.165) is 30.4 Å². The van der Waals surface area contributed by atoms with Crippen molar-refractivity contribution >= 4 is 29.8 Å². The molecule has 0 fully saturated rings. The zero-order valence-corrected chi connectivity index (χ0v) is 21.5. The summed E-state index contributed by atoms with van der Waals surface area (Å²) < 4.78 is 21.6. The molecule has 1 heterocycles. The van der Waals surface area contributed by atoms with E-state index in [2.05, 4.69) is 20.7 Å². The van der Waals surface area contributed by atoms with E-state index in [9.17, 15) is 9.59 Å². The Balaban J connectivity index is 1.40. The number of nitrogens with two attached hydrogens (primary N) is 1. The quantitative estimate of drug-likeness (QED) is 0.173. The van der Waals surface area contributed by atoms with E-state index in [1.54, 1.807) is 25.3 Å². The van der Waals surface area contributed by atoms with Crippen LogP contribution in [0.4, 0.5) is 0 Å². The maximum Gasteiger partial charge on any atom is 0.277 e. The zero-order chi connectivity index (χ0) is 26.5. The fourth-order valence-corrected chi connectivity index (χ4v) is 3.69. The molecule has 1 aromatic heterocycles. The smallest absolute Gasteiger partial charge is 0.277 e. The minimum Gasteiger partial charge on any atom is -0.497 e. The van der Waals surface area contributed by atoms with E-state index in [4.69, 9.17) is 24.4 Å². The second-order valence-corrected chi connectivity index (χ2v) is 8.57. The molecule has 3 rings (SSSR count). The van der Waals surface area contributed by atoms with E-state index in [1.165, 1.54) is 11.8 Å². The Morgan fingerprint density at radius 1 is 1.11 bits per heavy atom. The highest BCUT2D eigenvalue weighted by atomic mass is 32.2. The number of carbonyl (C=O) groups excluding carboxylic acids is 2. The summed E-state index contributed by atoms with van der Waals surface area (Å²) in [5, 5.41) is 12.3. The van der Waals surface area contributed by atoms with Crippen LogP contribution in [0.5, 0.6) is 17.2 Å². The molecule has 0 saturated carbocycles. The van der Waals surface area contributed by atoms with Gasteiger partial charge in [-0.1, -0.05) is 23.9 Å². The molecule has 2 amide bonds. The molecule has 0 spiro atoms. The van der Waals surface area contributed by atoms with E-state index in [-0.39, 0.29) is 18.3 Å². The SMILES string of the molecule is CCOc1cc(C=NNC(=O)CSc2nnc(CCCc3ccc(OC)cc3)o2)ccc1OCC(N)=O. The number of ether oxygens (including phenoxy) is 3. The van der Waals surface area contributed by atoms with Crippen molar-refractivity contribution in [3.8, 4) is 17.2 Å². The van der Waals surface area contributed by atoms with Gasteiger partial charge in [0, 0.05) is 6.42 Å². The largest absolute Gasteiger partial charge is 0.497 e. The first-order valence-electron chi connectivity index (χ1n) is 11.5. The Morgan fingerprint density at radius 3 is 2.65 bits per heavy atom. The molecule has 0 saturated heterocycles. The highest BCUT2D eigenvalue weighted by Gasteiger charge is 2.10. The first kappa shape index (κ1) is 27.5. The summed E-state index contributed by atoms with van der Waals surface area (Å²) in [4.78, 5) is 23.1. The molecule has 37 heavy (non-hydrogen) atoms. The van der Waals surface area contributed by atoms with Gasteiger partial charge >= 0.3 is 0 Å². The van der Waals surface area contributed by atoms with Crippen LogP contribution in [0.15, 0.2) is 57.2 Å². The van der Waals surface area contributed by atoms with Crippen LogP contribution in [0, 0.1) is 0 Å². The minimum absolute atomic E-state index is 0.0644. The van der Waals surface area contributed by atoms with Gasteiger partial charge in [0.25, 0.3) is 17.0 Å². The number of methoxy groups -OCH3 is 1. The van der Waals surface area contributed by atoms with Crippen LogP contribution in [0.2, 0.25) is 0 Å². The van der Waals surface area contributed by atoms with E-state index >= 15 is 0 Å². The summed E-state index contributed by atoms with van der Waals surface area (Å²) in [5.41, 5.74) is 9.43. The van der Waals surface area contributed by atoms with Gasteiger partial charge in [-0.2, -0.15) is 5.10 Å². The Morgan fingerprint density at radius 2 is 1.92 bits per heavy atom. The number of thioether (sulfide) groups is 1. The number of aromatic nitrogens is 2. The molecule has 0 unspecified atom stereocenters. The van der Waals surface area contributed by atoms with Crippen molar-refractivity contribution in [2.45, 2.75) is 31.4 Å². The molecule has 0 aliphatic heterocycles. The molecule has 0 bridgehead atoms. The minimum atomic E-state index is -0.588. The van der Waals surface area contributed by atoms with Crippen LogP contribution in [0.3, 0.4) is 0 Å². The summed E-state index contributed by atoms with van der Waals surface area (Å²) >= 11 is 1.13. The fourth-order valence-electron chi connectivity index (χ4n) is 3.11. The molecule has 3 N–H and O–H groups in total. The molecule has 2 aromatic carbocycles. The number of hydrazone groups is 1. The topological polar surface area (TPSA) is 151 Å². The molecule has 12 heteroatoms. The summed E-state index contributed by atoms with van der Waals surface area (Å²) in [7, 11) is 1.64. The highest BCUT2D eigenvalue weighted by Crippen LogP contribution is 2.28. The lowest BCUT2D eigenvalue weighted by molar-refractivity contribution is -0.120. The number of rotatable bonds is 15. The van der Waals surface area contributed by atoms with Gasteiger partial charge in [0.15, 0.2) is 18.1 Å². The Labute approximate surface area is 218 Å².